The van der Waals surface area contributed by atoms with Gasteiger partial charge < -0.3 is 20.6 Å². The van der Waals surface area contributed by atoms with Gasteiger partial charge in [-0.25, -0.2) is 9.97 Å². The summed E-state index contributed by atoms with van der Waals surface area (Å²) in [5, 5.41) is 15.6. The van der Waals surface area contributed by atoms with Gasteiger partial charge in [0, 0.05) is 38.1 Å². The largest absolute Gasteiger partial charge is 0.392 e. The molecule has 23 heavy (non-hydrogen) atoms. The number of hydrogen-bond acceptors (Lipinski definition) is 6. The topological polar surface area (TPSA) is 90.4 Å². The average Bonchev–Trinajstić information content (AvgIpc) is 2.95. The molecule has 1 aromatic rings. The monoisotopic (exact) mass is 363 g/mol. The van der Waals surface area contributed by atoms with Crippen molar-refractivity contribution in [1.29, 1.82) is 0 Å². The van der Waals surface area contributed by atoms with E-state index >= 15 is 0 Å². The molecule has 2 fully saturated rings. The van der Waals surface area contributed by atoms with Gasteiger partial charge in [0.1, 0.15) is 0 Å². The van der Waals surface area contributed by atoms with Crippen LogP contribution in [0.1, 0.15) is 19.3 Å². The summed E-state index contributed by atoms with van der Waals surface area (Å²) in [4.78, 5) is 22.8. The van der Waals surface area contributed by atoms with E-state index in [-0.39, 0.29) is 42.8 Å². The summed E-state index contributed by atoms with van der Waals surface area (Å²) in [6.45, 7) is 2.13. The van der Waals surface area contributed by atoms with Gasteiger partial charge in [0.05, 0.1) is 12.1 Å². The first-order valence-electron chi connectivity index (χ1n) is 7.46. The number of aromatic nitrogens is 2. The molecule has 0 aliphatic carbocycles. The fraction of sp³-hybridized carbons (Fsp3) is 0.643. The maximum absolute atomic E-state index is 12.2. The zero-order valence-electron chi connectivity index (χ0n) is 12.7. The number of aliphatic hydroxyl groups is 1. The van der Waals surface area contributed by atoms with E-state index in [1.54, 1.807) is 18.5 Å². The van der Waals surface area contributed by atoms with Gasteiger partial charge in [0.25, 0.3) is 0 Å². The first-order valence-corrected chi connectivity index (χ1v) is 7.46. The standard InChI is InChI=1S/C14H21N5O2.2ClH/c20-11-7-12(17-8-11)13(21)18-10-3-1-6-19(9-10)14-15-4-2-5-16-14;;/h2,4-5,10-12,17,20H,1,3,6-9H2,(H,18,21);2*1H. The molecule has 0 radical (unpaired) electrons. The van der Waals surface area contributed by atoms with Crippen molar-refractivity contribution in [3.8, 4) is 0 Å². The van der Waals surface area contributed by atoms with Gasteiger partial charge >= 0.3 is 0 Å². The second-order valence-corrected chi connectivity index (χ2v) is 5.69. The molecule has 3 atom stereocenters. The SMILES string of the molecule is Cl.Cl.O=C(NC1CCCN(c2ncccn2)C1)C1CC(O)CN1. The lowest BCUT2D eigenvalue weighted by atomic mass is 10.1. The van der Waals surface area contributed by atoms with E-state index in [0.29, 0.717) is 18.9 Å². The van der Waals surface area contributed by atoms with Crippen LogP contribution in [0.4, 0.5) is 5.95 Å². The number of aliphatic hydroxyl groups excluding tert-OH is 1. The number of amides is 1. The van der Waals surface area contributed by atoms with Crippen LogP contribution in [0.5, 0.6) is 0 Å². The van der Waals surface area contributed by atoms with Crippen molar-refractivity contribution in [2.24, 2.45) is 0 Å². The number of β-amino-alcohol motifs (C(OH)–C–C–N with tert-alkyl or cyclic N) is 1. The lowest BCUT2D eigenvalue weighted by molar-refractivity contribution is -0.123. The van der Waals surface area contributed by atoms with E-state index in [0.717, 1.165) is 25.9 Å². The molecule has 9 heteroatoms. The lowest BCUT2D eigenvalue weighted by Gasteiger charge is -2.33. The van der Waals surface area contributed by atoms with Crippen molar-refractivity contribution in [3.05, 3.63) is 18.5 Å². The summed E-state index contributed by atoms with van der Waals surface area (Å²) < 4.78 is 0. The summed E-state index contributed by atoms with van der Waals surface area (Å²) in [7, 11) is 0. The molecule has 0 aromatic carbocycles. The van der Waals surface area contributed by atoms with E-state index in [1.807, 2.05) is 0 Å². The Labute approximate surface area is 148 Å². The molecule has 2 aliphatic rings. The average molecular weight is 364 g/mol. The molecule has 3 heterocycles. The highest BCUT2D eigenvalue weighted by Gasteiger charge is 2.30. The Hall–Kier alpha value is -1.15. The normalized spacial score (nSPS) is 26.8. The molecule has 3 N–H and O–H groups in total. The second kappa shape index (κ2) is 9.22. The van der Waals surface area contributed by atoms with E-state index in [9.17, 15) is 9.90 Å². The maximum atomic E-state index is 12.2. The predicted octanol–water partition coefficient (Wildman–Crippen LogP) is 0.128. The molecule has 0 saturated carbocycles. The van der Waals surface area contributed by atoms with Crippen LogP contribution >= 0.6 is 24.8 Å². The molecule has 7 nitrogen and oxygen atoms in total. The van der Waals surface area contributed by atoms with Crippen molar-refractivity contribution in [2.75, 3.05) is 24.5 Å². The van der Waals surface area contributed by atoms with Crippen molar-refractivity contribution in [2.45, 2.75) is 37.5 Å². The number of anilines is 1. The number of piperidine rings is 1. The third-order valence-corrected chi connectivity index (χ3v) is 4.03. The molecule has 1 amide bonds. The fourth-order valence-electron chi connectivity index (χ4n) is 2.95. The molecular weight excluding hydrogens is 341 g/mol. The van der Waals surface area contributed by atoms with Crippen molar-refractivity contribution in [1.82, 2.24) is 20.6 Å². The van der Waals surface area contributed by atoms with Gasteiger partial charge in [-0.05, 0) is 25.3 Å². The Morgan fingerprint density at radius 3 is 2.74 bits per heavy atom. The molecule has 2 aliphatic heterocycles. The van der Waals surface area contributed by atoms with E-state index in [4.69, 9.17) is 0 Å². The number of hydrogen-bond donors (Lipinski definition) is 3. The summed E-state index contributed by atoms with van der Waals surface area (Å²) in [5.41, 5.74) is 0. The zero-order valence-corrected chi connectivity index (χ0v) is 14.4. The minimum atomic E-state index is -0.415. The molecular formula is C14H23Cl2N5O2. The first-order chi connectivity index (χ1) is 10.2. The number of carbonyl (C=O) groups excluding carboxylic acids is 1. The van der Waals surface area contributed by atoms with Gasteiger partial charge in [-0.3, -0.25) is 4.79 Å². The van der Waals surface area contributed by atoms with E-state index in [1.165, 1.54) is 0 Å². The highest BCUT2D eigenvalue weighted by Crippen LogP contribution is 2.16. The lowest BCUT2D eigenvalue weighted by Crippen LogP contribution is -2.52. The Morgan fingerprint density at radius 2 is 2.09 bits per heavy atom. The van der Waals surface area contributed by atoms with Crippen molar-refractivity contribution < 1.29 is 9.90 Å². The van der Waals surface area contributed by atoms with Crippen LogP contribution in [0.25, 0.3) is 0 Å². The van der Waals surface area contributed by atoms with Crippen molar-refractivity contribution in [3.63, 3.8) is 0 Å². The Balaban J connectivity index is 0.00000132. The van der Waals surface area contributed by atoms with Crippen LogP contribution in [0.2, 0.25) is 0 Å². The van der Waals surface area contributed by atoms with Gasteiger partial charge in [0.2, 0.25) is 11.9 Å². The smallest absolute Gasteiger partial charge is 0.237 e. The van der Waals surface area contributed by atoms with Crippen LogP contribution < -0.4 is 15.5 Å². The van der Waals surface area contributed by atoms with E-state index in [2.05, 4.69) is 25.5 Å². The number of rotatable bonds is 3. The summed E-state index contributed by atoms with van der Waals surface area (Å²) in [6, 6.07) is 1.63. The van der Waals surface area contributed by atoms with Gasteiger partial charge in [-0.1, -0.05) is 0 Å². The van der Waals surface area contributed by atoms with Gasteiger partial charge in [-0.2, -0.15) is 0 Å². The summed E-state index contributed by atoms with van der Waals surface area (Å²) in [6.07, 6.45) is 5.50. The first kappa shape index (κ1) is 19.9. The molecule has 0 spiro atoms. The molecule has 130 valence electrons. The van der Waals surface area contributed by atoms with Crippen LogP contribution in [0.3, 0.4) is 0 Å². The summed E-state index contributed by atoms with van der Waals surface area (Å²) >= 11 is 0. The van der Waals surface area contributed by atoms with Crippen LogP contribution in [0.15, 0.2) is 18.5 Å². The highest BCUT2D eigenvalue weighted by molar-refractivity contribution is 5.85. The summed E-state index contributed by atoms with van der Waals surface area (Å²) in [5.74, 6) is 0.693. The third kappa shape index (κ3) is 5.17. The minimum Gasteiger partial charge on any atom is -0.392 e. The molecule has 1 aromatic heterocycles. The Morgan fingerprint density at radius 1 is 1.35 bits per heavy atom. The van der Waals surface area contributed by atoms with Gasteiger partial charge in [0.15, 0.2) is 0 Å². The van der Waals surface area contributed by atoms with Crippen LogP contribution in [-0.2, 0) is 4.79 Å². The minimum absolute atomic E-state index is 0. The third-order valence-electron chi connectivity index (χ3n) is 4.03. The Kier molecular flexibility index (Phi) is 7.98. The molecule has 3 rings (SSSR count). The molecule has 0 bridgehead atoms. The highest BCUT2D eigenvalue weighted by atomic mass is 35.5. The molecule has 3 unspecified atom stereocenters. The predicted molar refractivity (Wildman–Crippen MR) is 92.3 cm³/mol. The quantitative estimate of drug-likeness (QED) is 0.706. The van der Waals surface area contributed by atoms with Crippen LogP contribution in [-0.4, -0.2) is 58.8 Å². The number of nitrogens with one attached hydrogen (secondary N) is 2. The number of carbonyl (C=O) groups is 1. The maximum Gasteiger partial charge on any atom is 0.237 e. The zero-order chi connectivity index (χ0) is 14.7. The number of halogens is 2. The van der Waals surface area contributed by atoms with Gasteiger partial charge in [-0.15, -0.1) is 24.8 Å². The fourth-order valence-corrected chi connectivity index (χ4v) is 2.95. The Bertz CT molecular complexity index is 493. The van der Waals surface area contributed by atoms with Crippen LogP contribution in [0, 0.1) is 0 Å². The molecule has 2 saturated heterocycles. The van der Waals surface area contributed by atoms with E-state index < -0.39 is 6.10 Å². The van der Waals surface area contributed by atoms with Crippen molar-refractivity contribution >= 4 is 36.7 Å². The second-order valence-electron chi connectivity index (χ2n) is 5.69. The number of nitrogens with zero attached hydrogens (tertiary/aromatic N) is 3.